The van der Waals surface area contributed by atoms with Crippen LogP contribution in [-0.2, 0) is 11.3 Å². The molecule has 142 valence electrons. The van der Waals surface area contributed by atoms with Crippen molar-refractivity contribution in [2.24, 2.45) is 5.92 Å². The van der Waals surface area contributed by atoms with E-state index >= 15 is 0 Å². The van der Waals surface area contributed by atoms with E-state index in [1.807, 2.05) is 6.07 Å². The fourth-order valence-electron chi connectivity index (χ4n) is 3.80. The molecule has 0 radical (unpaired) electrons. The van der Waals surface area contributed by atoms with Crippen molar-refractivity contribution in [1.29, 1.82) is 0 Å². The Morgan fingerprint density at radius 1 is 1.26 bits per heavy atom. The molecule has 2 aliphatic rings. The van der Waals surface area contributed by atoms with E-state index in [0.717, 1.165) is 44.6 Å². The van der Waals surface area contributed by atoms with Crippen LogP contribution in [0.3, 0.4) is 0 Å². The number of benzene rings is 1. The highest BCUT2D eigenvalue weighted by atomic mass is 32.1. The van der Waals surface area contributed by atoms with E-state index in [1.165, 1.54) is 11.1 Å². The van der Waals surface area contributed by atoms with E-state index in [0.29, 0.717) is 6.54 Å². The zero-order valence-electron chi connectivity index (χ0n) is 15.5. The molecule has 1 aromatic carbocycles. The van der Waals surface area contributed by atoms with Crippen LogP contribution in [0.25, 0.3) is 0 Å². The number of amides is 1. The van der Waals surface area contributed by atoms with Gasteiger partial charge in [0.2, 0.25) is 5.91 Å². The topological polar surface area (TPSA) is 41.6 Å². The summed E-state index contributed by atoms with van der Waals surface area (Å²) in [5, 5.41) is 7.40. The molecule has 0 saturated heterocycles. The van der Waals surface area contributed by atoms with E-state index in [9.17, 15) is 4.79 Å². The molecule has 1 aromatic heterocycles. The van der Waals surface area contributed by atoms with Gasteiger partial charge in [0.25, 0.3) is 0 Å². The summed E-state index contributed by atoms with van der Waals surface area (Å²) < 4.78 is 6.32. The van der Waals surface area contributed by atoms with Gasteiger partial charge in [0, 0.05) is 43.2 Å². The highest BCUT2D eigenvalue weighted by molar-refractivity contribution is 7.07. The zero-order valence-corrected chi connectivity index (χ0v) is 16.3. The summed E-state index contributed by atoms with van der Waals surface area (Å²) in [4.78, 5) is 14.8. The Labute approximate surface area is 164 Å². The predicted molar refractivity (Wildman–Crippen MR) is 109 cm³/mol. The Hall–Kier alpha value is -2.11. The Kier molecular flexibility index (Phi) is 5.90. The predicted octanol–water partition coefficient (Wildman–Crippen LogP) is 4.16. The molecule has 2 atom stereocenters. The van der Waals surface area contributed by atoms with Crippen LogP contribution in [0.1, 0.15) is 36.5 Å². The van der Waals surface area contributed by atoms with Crippen LogP contribution in [0.5, 0.6) is 5.75 Å². The summed E-state index contributed by atoms with van der Waals surface area (Å²) in [5.41, 5.74) is 2.43. The number of hydrogen-bond acceptors (Lipinski definition) is 4. The largest absolute Gasteiger partial charge is 0.484 e. The van der Waals surface area contributed by atoms with Gasteiger partial charge in [-0.15, -0.1) is 0 Å². The van der Waals surface area contributed by atoms with Crippen LogP contribution in [0.15, 0.2) is 53.2 Å². The minimum absolute atomic E-state index is 0.0269. The number of fused-ring (bicyclic) bond motifs is 1. The molecule has 4 nitrogen and oxygen atoms in total. The van der Waals surface area contributed by atoms with E-state index in [2.05, 4.69) is 57.4 Å². The minimum atomic E-state index is 0.0269. The van der Waals surface area contributed by atoms with Crippen LogP contribution < -0.4 is 10.1 Å². The number of nitrogens with zero attached hydrogens (tertiary/aromatic N) is 1. The molecule has 2 aromatic rings. The number of para-hydroxylation sites is 1. The summed E-state index contributed by atoms with van der Waals surface area (Å²) in [5.74, 6) is 1.30. The second kappa shape index (κ2) is 8.72. The van der Waals surface area contributed by atoms with E-state index in [4.69, 9.17) is 4.74 Å². The molecular formula is C22H26N2O2S. The molecule has 27 heavy (non-hydrogen) atoms. The van der Waals surface area contributed by atoms with Crippen molar-refractivity contribution in [3.8, 4) is 5.75 Å². The molecule has 1 N–H and O–H groups in total. The summed E-state index contributed by atoms with van der Waals surface area (Å²) in [6.07, 6.45) is 7.18. The molecule has 4 rings (SSSR count). The van der Waals surface area contributed by atoms with Gasteiger partial charge in [0.15, 0.2) is 0 Å². The lowest BCUT2D eigenvalue weighted by Gasteiger charge is -2.24. The maximum absolute atomic E-state index is 12.4. The van der Waals surface area contributed by atoms with Crippen LogP contribution in [0.4, 0.5) is 0 Å². The van der Waals surface area contributed by atoms with Gasteiger partial charge in [-0.1, -0.05) is 30.4 Å². The number of hydrogen-bond donors (Lipinski definition) is 1. The first kappa shape index (κ1) is 18.3. The number of allylic oxidation sites excluding steroid dienone is 2. The number of rotatable bonds is 5. The van der Waals surface area contributed by atoms with Gasteiger partial charge in [-0.05, 0) is 42.2 Å². The van der Waals surface area contributed by atoms with Crippen LogP contribution >= 0.6 is 11.3 Å². The molecule has 2 heterocycles. The lowest BCUT2D eigenvalue weighted by Crippen LogP contribution is -2.38. The second-order valence-corrected chi connectivity index (χ2v) is 8.06. The molecule has 0 saturated carbocycles. The summed E-state index contributed by atoms with van der Waals surface area (Å²) in [7, 11) is 0. The Morgan fingerprint density at radius 3 is 3.00 bits per heavy atom. The Bertz CT molecular complexity index is 787. The van der Waals surface area contributed by atoms with Crippen molar-refractivity contribution < 1.29 is 9.53 Å². The smallest absolute Gasteiger partial charge is 0.223 e. The third-order valence-electron chi connectivity index (χ3n) is 5.34. The molecule has 2 unspecified atom stereocenters. The fraction of sp³-hybridized carbons (Fsp3) is 0.409. The number of nitrogens with one attached hydrogen (secondary N) is 1. The quantitative estimate of drug-likeness (QED) is 0.790. The van der Waals surface area contributed by atoms with Gasteiger partial charge in [-0.2, -0.15) is 11.3 Å². The average Bonchev–Trinajstić information content (AvgIpc) is 3.17. The third kappa shape index (κ3) is 4.60. The maximum atomic E-state index is 12.4. The molecule has 1 amide bonds. The average molecular weight is 383 g/mol. The van der Waals surface area contributed by atoms with Crippen LogP contribution in [-0.4, -0.2) is 30.4 Å². The number of thiophene rings is 1. The zero-order chi connectivity index (χ0) is 18.5. The monoisotopic (exact) mass is 382 g/mol. The van der Waals surface area contributed by atoms with Gasteiger partial charge in [0.1, 0.15) is 11.9 Å². The lowest BCUT2D eigenvalue weighted by atomic mass is 9.94. The first-order valence-electron chi connectivity index (χ1n) is 9.71. The van der Waals surface area contributed by atoms with Crippen LogP contribution in [0.2, 0.25) is 0 Å². The molecule has 0 spiro atoms. The maximum Gasteiger partial charge on any atom is 0.223 e. The van der Waals surface area contributed by atoms with Crippen LogP contribution in [0, 0.1) is 5.92 Å². The SMILES string of the molecule is O=C(NCCN1Cc2ccccc2OC(c2ccsc2)C1)C1CC=CCC1. The normalized spacial score (nSPS) is 22.5. The summed E-state index contributed by atoms with van der Waals surface area (Å²) in [6.45, 7) is 3.18. The molecular weight excluding hydrogens is 356 g/mol. The number of carbonyl (C=O) groups excluding carboxylic acids is 1. The van der Waals surface area contributed by atoms with Gasteiger partial charge in [-0.25, -0.2) is 0 Å². The highest BCUT2D eigenvalue weighted by Crippen LogP contribution is 2.31. The number of carbonyl (C=O) groups is 1. The van der Waals surface area contributed by atoms with Gasteiger partial charge in [0.05, 0.1) is 0 Å². The van der Waals surface area contributed by atoms with Crippen molar-refractivity contribution >= 4 is 17.2 Å². The molecule has 0 bridgehead atoms. The van der Waals surface area contributed by atoms with E-state index < -0.39 is 0 Å². The number of ether oxygens (including phenoxy) is 1. The molecule has 5 heteroatoms. The Balaban J connectivity index is 1.39. The molecule has 1 aliphatic carbocycles. The summed E-state index contributed by atoms with van der Waals surface area (Å²) >= 11 is 1.70. The molecule has 0 fully saturated rings. The van der Waals surface area contributed by atoms with Gasteiger partial charge >= 0.3 is 0 Å². The highest BCUT2D eigenvalue weighted by Gasteiger charge is 2.25. The van der Waals surface area contributed by atoms with Gasteiger partial charge < -0.3 is 10.1 Å². The fourth-order valence-corrected chi connectivity index (χ4v) is 4.50. The lowest BCUT2D eigenvalue weighted by molar-refractivity contribution is -0.125. The van der Waals surface area contributed by atoms with Crippen molar-refractivity contribution in [2.75, 3.05) is 19.6 Å². The van der Waals surface area contributed by atoms with Crippen molar-refractivity contribution in [1.82, 2.24) is 10.2 Å². The second-order valence-electron chi connectivity index (χ2n) is 7.28. The van der Waals surface area contributed by atoms with Crippen molar-refractivity contribution in [3.63, 3.8) is 0 Å². The standard InChI is InChI=1S/C22H26N2O2S/c25-22(17-6-2-1-3-7-17)23-11-12-24-14-18-8-4-5-9-20(18)26-21(15-24)19-10-13-27-16-19/h1-2,4-5,8-10,13,16-17,21H,3,6-7,11-12,14-15H2,(H,23,25). The first-order chi connectivity index (χ1) is 13.3. The molecule has 1 aliphatic heterocycles. The van der Waals surface area contributed by atoms with Gasteiger partial charge in [-0.3, -0.25) is 9.69 Å². The minimum Gasteiger partial charge on any atom is -0.484 e. The van der Waals surface area contributed by atoms with E-state index in [-0.39, 0.29) is 17.9 Å². The van der Waals surface area contributed by atoms with Crippen molar-refractivity contribution in [3.05, 3.63) is 64.4 Å². The summed E-state index contributed by atoms with van der Waals surface area (Å²) in [6, 6.07) is 10.4. The first-order valence-corrected chi connectivity index (χ1v) is 10.7. The third-order valence-corrected chi connectivity index (χ3v) is 6.04. The Morgan fingerprint density at radius 2 is 2.19 bits per heavy atom. The van der Waals surface area contributed by atoms with Crippen molar-refractivity contribution in [2.45, 2.75) is 31.9 Å². The van der Waals surface area contributed by atoms with E-state index in [1.54, 1.807) is 11.3 Å².